The molecule has 0 atom stereocenters. The van der Waals surface area contributed by atoms with Gasteiger partial charge in [-0.2, -0.15) is 8.42 Å². The van der Waals surface area contributed by atoms with Gasteiger partial charge in [-0.1, -0.05) is 31.9 Å². The summed E-state index contributed by atoms with van der Waals surface area (Å²) in [6, 6.07) is 12.8. The molecule has 5 nitrogen and oxygen atoms in total. The Bertz CT molecular complexity index is 831. The molecule has 0 spiro atoms. The number of nitrogens with one attached hydrogen (secondary N) is 1. The summed E-state index contributed by atoms with van der Waals surface area (Å²) >= 11 is 0. The molecular weight excluding hydrogens is 350 g/mol. The summed E-state index contributed by atoms with van der Waals surface area (Å²) in [6.45, 7) is 3.83. The Morgan fingerprint density at radius 2 is 1.81 bits per heavy atom. The van der Waals surface area contributed by atoms with Crippen molar-refractivity contribution in [1.82, 2.24) is 5.32 Å². The van der Waals surface area contributed by atoms with Crippen molar-refractivity contribution in [2.45, 2.75) is 39.2 Å². The molecular formula is C20H25NO4S. The molecule has 0 radical (unpaired) electrons. The first-order valence-corrected chi connectivity index (χ1v) is 10.7. The summed E-state index contributed by atoms with van der Waals surface area (Å²) in [6.07, 6.45) is 3.41. The van der Waals surface area contributed by atoms with E-state index < -0.39 is 10.1 Å². The highest BCUT2D eigenvalue weighted by Crippen LogP contribution is 2.30. The maximum absolute atomic E-state index is 12.0. The molecule has 2 aromatic carbocycles. The SMILES string of the molecule is CCCCCS(=O)(=O)Oc1ccc(Oc2cccc3c2CCNC3)cc1. The molecule has 2 aromatic rings. The van der Waals surface area contributed by atoms with Crippen LogP contribution in [0.2, 0.25) is 0 Å². The predicted octanol–water partition coefficient (Wildman–Crippen LogP) is 4.02. The largest absolute Gasteiger partial charge is 0.457 e. The van der Waals surface area contributed by atoms with Gasteiger partial charge in [0.2, 0.25) is 0 Å². The maximum Gasteiger partial charge on any atom is 0.309 e. The van der Waals surface area contributed by atoms with Gasteiger partial charge in [0.1, 0.15) is 17.2 Å². The van der Waals surface area contributed by atoms with Crippen LogP contribution in [0.15, 0.2) is 42.5 Å². The monoisotopic (exact) mass is 375 g/mol. The highest BCUT2D eigenvalue weighted by molar-refractivity contribution is 7.87. The standard InChI is InChI=1S/C20H25NO4S/c1-2-3-4-14-26(22,23)25-18-10-8-17(9-11-18)24-20-7-5-6-16-15-21-13-12-19(16)20/h5-11,21H,2-4,12-15H2,1H3. The molecule has 1 aliphatic rings. The summed E-state index contributed by atoms with van der Waals surface area (Å²) < 4.78 is 35.1. The van der Waals surface area contributed by atoms with Gasteiger partial charge < -0.3 is 14.2 Å². The summed E-state index contributed by atoms with van der Waals surface area (Å²) in [5.41, 5.74) is 2.48. The fourth-order valence-corrected chi connectivity index (χ4v) is 4.05. The second-order valence-corrected chi connectivity index (χ2v) is 8.14. The van der Waals surface area contributed by atoms with Crippen molar-refractivity contribution in [1.29, 1.82) is 0 Å². The van der Waals surface area contributed by atoms with Gasteiger partial charge in [0.25, 0.3) is 0 Å². The highest BCUT2D eigenvalue weighted by atomic mass is 32.2. The van der Waals surface area contributed by atoms with E-state index in [1.165, 1.54) is 11.1 Å². The van der Waals surface area contributed by atoms with Crippen LogP contribution < -0.4 is 14.2 Å². The predicted molar refractivity (Wildman–Crippen MR) is 102 cm³/mol. The number of fused-ring (bicyclic) bond motifs is 1. The van der Waals surface area contributed by atoms with E-state index in [1.807, 2.05) is 19.1 Å². The Morgan fingerprint density at radius 1 is 1.04 bits per heavy atom. The van der Waals surface area contributed by atoms with Gasteiger partial charge in [-0.25, -0.2) is 0 Å². The van der Waals surface area contributed by atoms with Crippen LogP contribution in [-0.4, -0.2) is 20.7 Å². The van der Waals surface area contributed by atoms with Crippen LogP contribution in [0.4, 0.5) is 0 Å². The summed E-state index contributed by atoms with van der Waals surface area (Å²) in [7, 11) is -3.54. The van der Waals surface area contributed by atoms with E-state index in [1.54, 1.807) is 24.3 Å². The van der Waals surface area contributed by atoms with Crippen LogP contribution in [-0.2, 0) is 23.1 Å². The van der Waals surface area contributed by atoms with Crippen LogP contribution in [0.1, 0.15) is 37.3 Å². The third-order valence-electron chi connectivity index (χ3n) is 4.37. The van der Waals surface area contributed by atoms with Crippen molar-refractivity contribution in [3.05, 3.63) is 53.6 Å². The molecule has 0 amide bonds. The molecule has 0 aliphatic carbocycles. The van der Waals surface area contributed by atoms with E-state index in [0.29, 0.717) is 17.9 Å². The lowest BCUT2D eigenvalue weighted by Crippen LogP contribution is -2.23. The highest BCUT2D eigenvalue weighted by Gasteiger charge is 2.15. The molecule has 3 rings (SSSR count). The first kappa shape index (κ1) is 18.7. The number of hydrogen-bond acceptors (Lipinski definition) is 5. The molecule has 26 heavy (non-hydrogen) atoms. The average molecular weight is 375 g/mol. The second-order valence-electron chi connectivity index (χ2n) is 6.45. The van der Waals surface area contributed by atoms with Crippen molar-refractivity contribution in [2.24, 2.45) is 0 Å². The molecule has 1 aliphatic heterocycles. The molecule has 140 valence electrons. The van der Waals surface area contributed by atoms with Gasteiger partial charge >= 0.3 is 10.1 Å². The number of hydrogen-bond donors (Lipinski definition) is 1. The summed E-state index contributed by atoms with van der Waals surface area (Å²) in [5, 5.41) is 3.35. The van der Waals surface area contributed by atoms with Crippen LogP contribution in [0.25, 0.3) is 0 Å². The van der Waals surface area contributed by atoms with Crippen molar-refractivity contribution < 1.29 is 17.3 Å². The third-order valence-corrected chi connectivity index (χ3v) is 5.60. The smallest absolute Gasteiger partial charge is 0.309 e. The number of unbranched alkanes of at least 4 members (excludes halogenated alkanes) is 2. The Hall–Kier alpha value is -2.05. The molecule has 0 bridgehead atoms. The van der Waals surface area contributed by atoms with Crippen LogP contribution in [0.3, 0.4) is 0 Å². The molecule has 0 fully saturated rings. The fourth-order valence-electron chi connectivity index (χ4n) is 3.00. The second kappa shape index (κ2) is 8.56. The van der Waals surface area contributed by atoms with E-state index in [-0.39, 0.29) is 5.75 Å². The normalized spacial score (nSPS) is 13.9. The van der Waals surface area contributed by atoms with E-state index in [4.69, 9.17) is 8.92 Å². The topological polar surface area (TPSA) is 64.6 Å². The summed E-state index contributed by atoms with van der Waals surface area (Å²) in [5.74, 6) is 1.87. The Morgan fingerprint density at radius 3 is 2.58 bits per heavy atom. The van der Waals surface area contributed by atoms with E-state index >= 15 is 0 Å². The Labute approximate surface area is 155 Å². The number of rotatable bonds is 8. The molecule has 0 saturated heterocycles. The van der Waals surface area contributed by atoms with E-state index in [9.17, 15) is 8.42 Å². The van der Waals surface area contributed by atoms with E-state index in [0.717, 1.165) is 38.1 Å². The van der Waals surface area contributed by atoms with Gasteiger partial charge in [0.05, 0.1) is 5.75 Å². The molecule has 0 unspecified atom stereocenters. The lowest BCUT2D eigenvalue weighted by atomic mass is 10.0. The van der Waals surface area contributed by atoms with Gasteiger partial charge in [-0.3, -0.25) is 0 Å². The van der Waals surface area contributed by atoms with E-state index in [2.05, 4.69) is 11.4 Å². The Kier molecular flexibility index (Phi) is 6.16. The van der Waals surface area contributed by atoms with Crippen molar-refractivity contribution in [2.75, 3.05) is 12.3 Å². The molecule has 0 saturated carbocycles. The quantitative estimate of drug-likeness (QED) is 0.558. The van der Waals surface area contributed by atoms with Crippen molar-refractivity contribution in [3.8, 4) is 17.2 Å². The zero-order valence-electron chi connectivity index (χ0n) is 15.0. The van der Waals surface area contributed by atoms with Gasteiger partial charge in [-0.15, -0.1) is 0 Å². The van der Waals surface area contributed by atoms with Crippen molar-refractivity contribution >= 4 is 10.1 Å². The van der Waals surface area contributed by atoms with Crippen molar-refractivity contribution in [3.63, 3.8) is 0 Å². The van der Waals surface area contributed by atoms with Crippen LogP contribution in [0.5, 0.6) is 17.2 Å². The first-order valence-electron chi connectivity index (χ1n) is 9.09. The summed E-state index contributed by atoms with van der Waals surface area (Å²) in [4.78, 5) is 0. The lowest BCUT2D eigenvalue weighted by Gasteiger charge is -2.20. The van der Waals surface area contributed by atoms with Gasteiger partial charge in [0, 0.05) is 12.1 Å². The van der Waals surface area contributed by atoms with Gasteiger partial charge in [-0.05, 0) is 55.3 Å². The molecule has 0 aromatic heterocycles. The van der Waals surface area contributed by atoms with Gasteiger partial charge in [0.15, 0.2) is 0 Å². The fraction of sp³-hybridized carbons (Fsp3) is 0.400. The minimum absolute atomic E-state index is 0.0449. The Balaban J connectivity index is 1.65. The molecule has 1 heterocycles. The minimum Gasteiger partial charge on any atom is -0.457 e. The average Bonchev–Trinajstić information content (AvgIpc) is 2.63. The number of ether oxygens (including phenoxy) is 1. The molecule has 1 N–H and O–H groups in total. The van der Waals surface area contributed by atoms with Crippen LogP contribution in [0, 0.1) is 0 Å². The zero-order chi connectivity index (χ0) is 18.4. The van der Waals surface area contributed by atoms with Crippen LogP contribution >= 0.6 is 0 Å². The molecule has 6 heteroatoms. The zero-order valence-corrected chi connectivity index (χ0v) is 15.8. The third kappa shape index (κ3) is 4.99. The number of benzene rings is 2. The minimum atomic E-state index is -3.54. The maximum atomic E-state index is 12.0. The first-order chi connectivity index (χ1) is 12.6. The lowest BCUT2D eigenvalue weighted by molar-refractivity contribution is 0.464.